The van der Waals surface area contributed by atoms with E-state index >= 15 is 0 Å². The lowest BCUT2D eigenvalue weighted by Crippen LogP contribution is -2.61. The summed E-state index contributed by atoms with van der Waals surface area (Å²) in [5.74, 6) is 0.649. The third kappa shape index (κ3) is 2.00. The summed E-state index contributed by atoms with van der Waals surface area (Å²) >= 11 is 5.80. The van der Waals surface area contributed by atoms with Crippen molar-refractivity contribution in [3.05, 3.63) is 17.4 Å². The quantitative estimate of drug-likeness (QED) is 0.824. The number of aromatic nitrogens is 2. The molecule has 0 aliphatic carbocycles. The summed E-state index contributed by atoms with van der Waals surface area (Å²) < 4.78 is 5.20. The monoisotopic (exact) mass is 282 g/mol. The van der Waals surface area contributed by atoms with Gasteiger partial charge in [0.2, 0.25) is 5.95 Å². The number of rotatable bonds is 2. The van der Waals surface area contributed by atoms with Gasteiger partial charge >= 0.3 is 6.09 Å². The van der Waals surface area contributed by atoms with Gasteiger partial charge in [-0.25, -0.2) is 14.8 Å². The average Bonchev–Trinajstić information content (AvgIpc) is 2.77. The standard InChI is InChI=1S/C12H15ClN4O2/c1-2-12-7-16(10-14-5-9(13)6-15-10)3-4-17(12)11(18)19-8-12/h5-6H,2-4,7-8H2,1H3. The van der Waals surface area contributed by atoms with Crippen LogP contribution in [0.2, 0.25) is 5.02 Å². The van der Waals surface area contributed by atoms with Gasteiger partial charge in [0.05, 0.1) is 23.0 Å². The average molecular weight is 283 g/mol. The number of hydrogen-bond acceptors (Lipinski definition) is 5. The van der Waals surface area contributed by atoms with Crippen LogP contribution in [0.3, 0.4) is 0 Å². The first-order chi connectivity index (χ1) is 9.14. The molecule has 3 rings (SSSR count). The molecule has 1 aromatic heterocycles. The molecule has 1 atom stereocenters. The van der Waals surface area contributed by atoms with Crippen LogP contribution in [0.25, 0.3) is 0 Å². The van der Waals surface area contributed by atoms with E-state index in [0.717, 1.165) is 6.42 Å². The Balaban J connectivity index is 1.84. The van der Waals surface area contributed by atoms with Crippen LogP contribution in [-0.4, -0.2) is 52.7 Å². The molecule has 1 unspecified atom stereocenters. The first kappa shape index (κ1) is 12.5. The number of amides is 1. The molecular weight excluding hydrogens is 268 g/mol. The second-order valence-electron chi connectivity index (χ2n) is 4.91. The zero-order chi connectivity index (χ0) is 13.5. The SMILES string of the molecule is CCC12COC(=O)N1CCN(c1ncc(Cl)cn1)C2. The molecule has 3 heterocycles. The van der Waals surface area contributed by atoms with Gasteiger partial charge in [-0.2, -0.15) is 0 Å². The van der Waals surface area contributed by atoms with E-state index in [1.165, 1.54) is 0 Å². The fourth-order valence-electron chi connectivity index (χ4n) is 2.70. The first-order valence-electron chi connectivity index (χ1n) is 6.31. The van der Waals surface area contributed by atoms with E-state index in [2.05, 4.69) is 21.8 Å². The van der Waals surface area contributed by atoms with Crippen LogP contribution in [0.1, 0.15) is 13.3 Å². The van der Waals surface area contributed by atoms with Crippen molar-refractivity contribution >= 4 is 23.6 Å². The molecule has 0 radical (unpaired) electrons. The van der Waals surface area contributed by atoms with Crippen LogP contribution in [0.4, 0.5) is 10.7 Å². The number of piperazine rings is 1. The van der Waals surface area contributed by atoms with E-state index in [1.54, 1.807) is 12.4 Å². The predicted octanol–water partition coefficient (Wildman–Crippen LogP) is 1.55. The molecule has 6 nitrogen and oxygen atoms in total. The van der Waals surface area contributed by atoms with E-state index in [1.807, 2.05) is 4.90 Å². The van der Waals surface area contributed by atoms with Crippen LogP contribution in [0.5, 0.6) is 0 Å². The fourth-order valence-corrected chi connectivity index (χ4v) is 2.80. The summed E-state index contributed by atoms with van der Waals surface area (Å²) in [6, 6.07) is 0. The van der Waals surface area contributed by atoms with Gasteiger partial charge in [-0.05, 0) is 6.42 Å². The van der Waals surface area contributed by atoms with Crippen molar-refractivity contribution < 1.29 is 9.53 Å². The highest BCUT2D eigenvalue weighted by Gasteiger charge is 2.49. The van der Waals surface area contributed by atoms with Crippen LogP contribution in [0, 0.1) is 0 Å². The highest BCUT2D eigenvalue weighted by Crippen LogP contribution is 2.32. The van der Waals surface area contributed by atoms with Crippen LogP contribution < -0.4 is 4.90 Å². The number of anilines is 1. The van der Waals surface area contributed by atoms with Crippen LogP contribution in [-0.2, 0) is 4.74 Å². The number of carbonyl (C=O) groups excluding carboxylic acids is 1. The predicted molar refractivity (Wildman–Crippen MR) is 70.3 cm³/mol. The second kappa shape index (κ2) is 4.52. The van der Waals surface area contributed by atoms with Crippen molar-refractivity contribution in [1.82, 2.24) is 14.9 Å². The lowest BCUT2D eigenvalue weighted by Gasteiger charge is -2.44. The molecule has 0 saturated carbocycles. The summed E-state index contributed by atoms with van der Waals surface area (Å²) in [6.45, 7) is 4.54. The van der Waals surface area contributed by atoms with Gasteiger partial charge in [0.25, 0.3) is 0 Å². The summed E-state index contributed by atoms with van der Waals surface area (Å²) in [7, 11) is 0. The van der Waals surface area contributed by atoms with Crippen LogP contribution >= 0.6 is 11.6 Å². The zero-order valence-electron chi connectivity index (χ0n) is 10.7. The smallest absolute Gasteiger partial charge is 0.410 e. The van der Waals surface area contributed by atoms with Gasteiger partial charge < -0.3 is 9.64 Å². The van der Waals surface area contributed by atoms with Gasteiger partial charge in [0.1, 0.15) is 6.61 Å². The Kier molecular flexibility index (Phi) is 2.97. The molecule has 0 bridgehead atoms. The van der Waals surface area contributed by atoms with Crippen molar-refractivity contribution in [1.29, 1.82) is 0 Å². The molecular formula is C12H15ClN4O2. The van der Waals surface area contributed by atoms with E-state index in [9.17, 15) is 4.79 Å². The summed E-state index contributed by atoms with van der Waals surface area (Å²) in [6.07, 6.45) is 3.82. The lowest BCUT2D eigenvalue weighted by atomic mass is 9.93. The van der Waals surface area contributed by atoms with Gasteiger partial charge in [-0.1, -0.05) is 18.5 Å². The number of halogens is 1. The molecule has 2 aliphatic rings. The van der Waals surface area contributed by atoms with Crippen molar-refractivity contribution in [3.63, 3.8) is 0 Å². The molecule has 2 aliphatic heterocycles. The highest BCUT2D eigenvalue weighted by molar-refractivity contribution is 6.30. The number of fused-ring (bicyclic) bond motifs is 1. The molecule has 1 aromatic rings. The number of nitrogens with zero attached hydrogens (tertiary/aromatic N) is 4. The minimum atomic E-state index is -0.252. The first-order valence-corrected chi connectivity index (χ1v) is 6.69. The Morgan fingerprint density at radius 1 is 1.42 bits per heavy atom. The van der Waals surface area contributed by atoms with Gasteiger partial charge in [0.15, 0.2) is 0 Å². The topological polar surface area (TPSA) is 58.6 Å². The molecule has 0 N–H and O–H groups in total. The number of hydrogen-bond donors (Lipinski definition) is 0. The largest absolute Gasteiger partial charge is 0.447 e. The van der Waals surface area contributed by atoms with E-state index in [0.29, 0.717) is 37.2 Å². The minimum absolute atomic E-state index is 0.210. The van der Waals surface area contributed by atoms with Crippen molar-refractivity contribution in [2.45, 2.75) is 18.9 Å². The van der Waals surface area contributed by atoms with Gasteiger partial charge in [0, 0.05) is 19.6 Å². The fraction of sp³-hybridized carbons (Fsp3) is 0.583. The van der Waals surface area contributed by atoms with E-state index in [-0.39, 0.29) is 11.6 Å². The molecule has 19 heavy (non-hydrogen) atoms. The number of ether oxygens (including phenoxy) is 1. The Morgan fingerprint density at radius 2 is 2.16 bits per heavy atom. The zero-order valence-corrected chi connectivity index (χ0v) is 11.4. The van der Waals surface area contributed by atoms with Crippen LogP contribution in [0.15, 0.2) is 12.4 Å². The van der Waals surface area contributed by atoms with Crippen molar-refractivity contribution in [2.75, 3.05) is 31.1 Å². The lowest BCUT2D eigenvalue weighted by molar-refractivity contribution is 0.137. The molecule has 7 heteroatoms. The Labute approximate surface area is 116 Å². The van der Waals surface area contributed by atoms with E-state index < -0.39 is 0 Å². The van der Waals surface area contributed by atoms with E-state index in [4.69, 9.17) is 16.3 Å². The van der Waals surface area contributed by atoms with Crippen molar-refractivity contribution in [3.8, 4) is 0 Å². The van der Waals surface area contributed by atoms with Gasteiger partial charge in [-0.3, -0.25) is 4.90 Å². The normalized spacial score (nSPS) is 26.3. The number of carbonyl (C=O) groups is 1. The maximum atomic E-state index is 11.7. The molecule has 0 spiro atoms. The Hall–Kier alpha value is -1.56. The number of cyclic esters (lactones) is 1. The molecule has 2 saturated heterocycles. The Bertz CT molecular complexity index is 495. The molecule has 2 fully saturated rings. The third-order valence-electron chi connectivity index (χ3n) is 3.88. The Morgan fingerprint density at radius 3 is 2.84 bits per heavy atom. The third-order valence-corrected chi connectivity index (χ3v) is 4.08. The highest BCUT2D eigenvalue weighted by atomic mass is 35.5. The summed E-state index contributed by atoms with van der Waals surface area (Å²) in [4.78, 5) is 24.1. The molecule has 102 valence electrons. The summed E-state index contributed by atoms with van der Waals surface area (Å²) in [5.41, 5.74) is -0.252. The maximum absolute atomic E-state index is 11.7. The molecule has 0 aromatic carbocycles. The minimum Gasteiger partial charge on any atom is -0.447 e. The second-order valence-corrected chi connectivity index (χ2v) is 5.34. The summed E-state index contributed by atoms with van der Waals surface area (Å²) in [5, 5.41) is 0.520. The molecule has 1 amide bonds. The maximum Gasteiger partial charge on any atom is 0.410 e. The van der Waals surface area contributed by atoms with Gasteiger partial charge in [-0.15, -0.1) is 0 Å². The van der Waals surface area contributed by atoms with Crippen molar-refractivity contribution in [2.24, 2.45) is 0 Å².